The number of hydrogen-bond donors (Lipinski definition) is 1. The van der Waals surface area contributed by atoms with E-state index >= 15 is 0 Å². The molecule has 0 saturated carbocycles. The lowest BCUT2D eigenvalue weighted by atomic mass is 9.94. The predicted molar refractivity (Wildman–Crippen MR) is 79.9 cm³/mol. The van der Waals surface area contributed by atoms with E-state index in [-0.39, 0.29) is 0 Å². The Morgan fingerprint density at radius 2 is 2.12 bits per heavy atom. The summed E-state index contributed by atoms with van der Waals surface area (Å²) in [7, 11) is 0. The van der Waals surface area contributed by atoms with Crippen LogP contribution in [0.15, 0.2) is 0 Å². The minimum absolute atomic E-state index is 0.321. The van der Waals surface area contributed by atoms with Gasteiger partial charge in [-0.2, -0.15) is 11.8 Å². The van der Waals surface area contributed by atoms with Crippen molar-refractivity contribution in [2.75, 3.05) is 31.1 Å². The van der Waals surface area contributed by atoms with Crippen LogP contribution in [-0.2, 0) is 0 Å². The Bertz CT molecular complexity index is 216. The van der Waals surface area contributed by atoms with Crippen molar-refractivity contribution < 1.29 is 0 Å². The van der Waals surface area contributed by atoms with E-state index in [9.17, 15) is 0 Å². The second-order valence-electron chi connectivity index (χ2n) is 6.16. The summed E-state index contributed by atoms with van der Waals surface area (Å²) in [4.78, 5) is 2.68. The van der Waals surface area contributed by atoms with Gasteiger partial charge in [0.1, 0.15) is 0 Å². The quantitative estimate of drug-likeness (QED) is 0.738. The summed E-state index contributed by atoms with van der Waals surface area (Å²) < 4.78 is 0. The van der Waals surface area contributed by atoms with Crippen LogP contribution in [0.1, 0.15) is 41.0 Å². The molecule has 0 spiro atoms. The van der Waals surface area contributed by atoms with Crippen LogP contribution in [-0.4, -0.2) is 47.6 Å². The van der Waals surface area contributed by atoms with Gasteiger partial charge < -0.3 is 5.32 Å². The van der Waals surface area contributed by atoms with E-state index in [0.717, 1.165) is 12.5 Å². The minimum atomic E-state index is 0.321. The molecule has 1 aliphatic rings. The first-order valence-electron chi connectivity index (χ1n) is 7.02. The fourth-order valence-electron chi connectivity index (χ4n) is 2.52. The van der Waals surface area contributed by atoms with Crippen molar-refractivity contribution in [3.05, 3.63) is 0 Å². The number of hydrogen-bond acceptors (Lipinski definition) is 3. The molecule has 17 heavy (non-hydrogen) atoms. The monoisotopic (exact) mass is 258 g/mol. The van der Waals surface area contributed by atoms with E-state index in [1.165, 1.54) is 31.0 Å². The molecule has 2 nitrogen and oxygen atoms in total. The summed E-state index contributed by atoms with van der Waals surface area (Å²) in [6, 6.07) is 0.689. The second-order valence-corrected chi connectivity index (χ2v) is 7.56. The molecule has 0 radical (unpaired) electrons. The van der Waals surface area contributed by atoms with Gasteiger partial charge >= 0.3 is 0 Å². The molecule has 0 aromatic rings. The first-order chi connectivity index (χ1) is 7.95. The van der Waals surface area contributed by atoms with Crippen LogP contribution in [0.4, 0.5) is 0 Å². The van der Waals surface area contributed by atoms with Gasteiger partial charge in [0.25, 0.3) is 0 Å². The van der Waals surface area contributed by atoms with Crippen LogP contribution < -0.4 is 5.32 Å². The standard InChI is InChI=1S/C14H30N2S/c1-6-17-8-7-16-10-13(9-12(2)3)15-11-14(16,4)5/h12-13,15H,6-11H2,1-5H3. The Kier molecular flexibility index (Phi) is 6.32. The van der Waals surface area contributed by atoms with Crippen molar-refractivity contribution in [1.82, 2.24) is 10.2 Å². The molecule has 0 aliphatic carbocycles. The van der Waals surface area contributed by atoms with E-state index < -0.39 is 0 Å². The van der Waals surface area contributed by atoms with Crippen molar-refractivity contribution in [1.29, 1.82) is 0 Å². The molecule has 1 N–H and O–H groups in total. The lowest BCUT2D eigenvalue weighted by Gasteiger charge is -2.46. The maximum atomic E-state index is 3.71. The third-order valence-electron chi connectivity index (χ3n) is 3.59. The van der Waals surface area contributed by atoms with E-state index in [2.05, 4.69) is 56.6 Å². The molecule has 3 heteroatoms. The van der Waals surface area contributed by atoms with Crippen LogP contribution in [0.5, 0.6) is 0 Å². The van der Waals surface area contributed by atoms with E-state index in [1.807, 2.05) is 0 Å². The summed E-state index contributed by atoms with van der Waals surface area (Å²) in [5.74, 6) is 3.30. The fourth-order valence-corrected chi connectivity index (χ4v) is 3.16. The molecule has 1 aliphatic heterocycles. The van der Waals surface area contributed by atoms with Crippen molar-refractivity contribution in [2.45, 2.75) is 52.6 Å². The Morgan fingerprint density at radius 3 is 2.71 bits per heavy atom. The number of thioether (sulfide) groups is 1. The highest BCUT2D eigenvalue weighted by Gasteiger charge is 2.33. The topological polar surface area (TPSA) is 15.3 Å². The Labute approximate surface area is 112 Å². The number of piperazine rings is 1. The van der Waals surface area contributed by atoms with Gasteiger partial charge in [-0.05, 0) is 31.9 Å². The summed E-state index contributed by atoms with van der Waals surface area (Å²) >= 11 is 2.06. The zero-order valence-electron chi connectivity index (χ0n) is 12.3. The molecule has 0 amide bonds. The van der Waals surface area contributed by atoms with Gasteiger partial charge in [-0.3, -0.25) is 4.90 Å². The number of nitrogens with zero attached hydrogens (tertiary/aromatic N) is 1. The molecular formula is C14H30N2S. The Hall–Kier alpha value is 0.270. The van der Waals surface area contributed by atoms with Gasteiger partial charge in [-0.15, -0.1) is 0 Å². The summed E-state index contributed by atoms with van der Waals surface area (Å²) in [6.07, 6.45) is 1.30. The average molecular weight is 258 g/mol. The molecule has 0 aromatic carbocycles. The first-order valence-corrected chi connectivity index (χ1v) is 8.17. The van der Waals surface area contributed by atoms with Crippen molar-refractivity contribution in [3.8, 4) is 0 Å². The molecule has 1 rings (SSSR count). The summed E-state index contributed by atoms with van der Waals surface area (Å²) in [5, 5.41) is 3.71. The third kappa shape index (κ3) is 5.19. The highest BCUT2D eigenvalue weighted by molar-refractivity contribution is 7.99. The lowest BCUT2D eigenvalue weighted by molar-refractivity contribution is 0.0675. The summed E-state index contributed by atoms with van der Waals surface area (Å²) in [6.45, 7) is 15.2. The lowest BCUT2D eigenvalue weighted by Crippen LogP contribution is -2.62. The van der Waals surface area contributed by atoms with Crippen LogP contribution >= 0.6 is 11.8 Å². The normalized spacial score (nSPS) is 25.4. The van der Waals surface area contributed by atoms with Crippen LogP contribution in [0, 0.1) is 5.92 Å². The fraction of sp³-hybridized carbons (Fsp3) is 1.00. The molecule has 1 saturated heterocycles. The smallest absolute Gasteiger partial charge is 0.0278 e. The largest absolute Gasteiger partial charge is 0.311 e. The van der Waals surface area contributed by atoms with E-state index in [0.29, 0.717) is 11.6 Å². The van der Waals surface area contributed by atoms with Crippen LogP contribution in [0.3, 0.4) is 0 Å². The SMILES string of the molecule is CCSCCN1CC(CC(C)C)NCC1(C)C. The molecule has 1 fully saturated rings. The minimum Gasteiger partial charge on any atom is -0.311 e. The molecule has 0 bridgehead atoms. The van der Waals surface area contributed by atoms with Gasteiger partial charge in [0, 0.05) is 37.0 Å². The Morgan fingerprint density at radius 1 is 1.41 bits per heavy atom. The molecule has 102 valence electrons. The van der Waals surface area contributed by atoms with Crippen LogP contribution in [0.25, 0.3) is 0 Å². The zero-order chi connectivity index (χ0) is 12.9. The van der Waals surface area contributed by atoms with Gasteiger partial charge in [0.05, 0.1) is 0 Å². The van der Waals surface area contributed by atoms with Crippen molar-refractivity contribution in [2.24, 2.45) is 5.92 Å². The average Bonchev–Trinajstić information content (AvgIpc) is 2.22. The highest BCUT2D eigenvalue weighted by atomic mass is 32.2. The first kappa shape index (κ1) is 15.3. The summed E-state index contributed by atoms with van der Waals surface area (Å²) in [5.41, 5.74) is 0.321. The number of nitrogens with one attached hydrogen (secondary N) is 1. The zero-order valence-corrected chi connectivity index (χ0v) is 13.1. The Balaban J connectivity index is 2.44. The van der Waals surface area contributed by atoms with Gasteiger partial charge in [-0.25, -0.2) is 0 Å². The van der Waals surface area contributed by atoms with Crippen molar-refractivity contribution >= 4 is 11.8 Å². The highest BCUT2D eigenvalue weighted by Crippen LogP contribution is 2.21. The number of rotatable bonds is 6. The molecule has 1 atom stereocenters. The maximum Gasteiger partial charge on any atom is 0.0278 e. The maximum absolute atomic E-state index is 3.71. The van der Waals surface area contributed by atoms with E-state index in [4.69, 9.17) is 0 Å². The molecule has 1 heterocycles. The van der Waals surface area contributed by atoms with Gasteiger partial charge in [-0.1, -0.05) is 20.8 Å². The molecular weight excluding hydrogens is 228 g/mol. The van der Waals surface area contributed by atoms with E-state index in [1.54, 1.807) is 0 Å². The molecule has 1 unspecified atom stereocenters. The predicted octanol–water partition coefficient (Wildman–Crippen LogP) is 2.84. The van der Waals surface area contributed by atoms with Gasteiger partial charge in [0.15, 0.2) is 0 Å². The molecule has 0 aromatic heterocycles. The van der Waals surface area contributed by atoms with Crippen molar-refractivity contribution in [3.63, 3.8) is 0 Å². The second kappa shape index (κ2) is 7.01. The van der Waals surface area contributed by atoms with Gasteiger partial charge in [0.2, 0.25) is 0 Å². The van der Waals surface area contributed by atoms with Crippen LogP contribution in [0.2, 0.25) is 0 Å². The third-order valence-corrected chi connectivity index (χ3v) is 4.47.